The molecule has 2 rings (SSSR count). The SMILES string of the molecule is C#COc1ccc2nc(C)sc2c1. The van der Waals surface area contributed by atoms with Crippen molar-refractivity contribution in [3.8, 4) is 18.3 Å². The minimum absolute atomic E-state index is 0.693. The predicted molar refractivity (Wildman–Crippen MR) is 53.8 cm³/mol. The zero-order chi connectivity index (χ0) is 9.26. The molecule has 0 saturated heterocycles. The summed E-state index contributed by atoms with van der Waals surface area (Å²) in [5.74, 6) is 0.693. The molecule has 3 heteroatoms. The summed E-state index contributed by atoms with van der Waals surface area (Å²) in [5, 5.41) is 1.05. The van der Waals surface area contributed by atoms with Crippen molar-refractivity contribution in [2.24, 2.45) is 0 Å². The van der Waals surface area contributed by atoms with Crippen molar-refractivity contribution in [2.75, 3.05) is 0 Å². The molecule has 0 aliphatic heterocycles. The monoisotopic (exact) mass is 189 g/mol. The highest BCUT2D eigenvalue weighted by atomic mass is 32.1. The number of thiazole rings is 1. The Labute approximate surface area is 80.2 Å². The highest BCUT2D eigenvalue weighted by Crippen LogP contribution is 2.25. The van der Waals surface area contributed by atoms with E-state index >= 15 is 0 Å². The molecule has 0 atom stereocenters. The zero-order valence-corrected chi connectivity index (χ0v) is 7.89. The van der Waals surface area contributed by atoms with E-state index in [2.05, 4.69) is 11.1 Å². The first kappa shape index (κ1) is 8.09. The lowest BCUT2D eigenvalue weighted by molar-refractivity contribution is 0.522. The molecule has 0 bridgehead atoms. The fourth-order valence-corrected chi connectivity index (χ4v) is 2.01. The molecular weight excluding hydrogens is 182 g/mol. The van der Waals surface area contributed by atoms with E-state index in [0.717, 1.165) is 15.2 Å². The van der Waals surface area contributed by atoms with Crippen LogP contribution in [-0.2, 0) is 0 Å². The Morgan fingerprint density at radius 3 is 3.15 bits per heavy atom. The van der Waals surface area contributed by atoms with Crippen molar-refractivity contribution in [3.05, 3.63) is 23.2 Å². The van der Waals surface area contributed by atoms with Crippen LogP contribution in [0.25, 0.3) is 10.2 Å². The first-order chi connectivity index (χ1) is 6.29. The van der Waals surface area contributed by atoms with Crippen LogP contribution in [0.3, 0.4) is 0 Å². The van der Waals surface area contributed by atoms with Gasteiger partial charge in [0.1, 0.15) is 11.9 Å². The van der Waals surface area contributed by atoms with Crippen LogP contribution >= 0.6 is 11.3 Å². The predicted octanol–water partition coefficient (Wildman–Crippen LogP) is 2.57. The lowest BCUT2D eigenvalue weighted by Gasteiger charge is -1.94. The number of aryl methyl sites for hydroxylation is 1. The van der Waals surface area contributed by atoms with E-state index in [4.69, 9.17) is 11.2 Å². The maximum atomic E-state index is 5.03. The lowest BCUT2D eigenvalue weighted by Crippen LogP contribution is -1.79. The van der Waals surface area contributed by atoms with Crippen LogP contribution < -0.4 is 4.74 Å². The summed E-state index contributed by atoms with van der Waals surface area (Å²) in [5.41, 5.74) is 0.992. The Hall–Kier alpha value is -1.53. The summed E-state index contributed by atoms with van der Waals surface area (Å²) < 4.78 is 6.03. The number of hydrogen-bond donors (Lipinski definition) is 0. The zero-order valence-electron chi connectivity index (χ0n) is 7.07. The van der Waals surface area contributed by atoms with Crippen LogP contribution in [0.4, 0.5) is 0 Å². The Morgan fingerprint density at radius 1 is 1.54 bits per heavy atom. The van der Waals surface area contributed by atoms with Gasteiger partial charge in [-0.1, -0.05) is 6.42 Å². The molecule has 64 valence electrons. The number of fused-ring (bicyclic) bond motifs is 1. The van der Waals surface area contributed by atoms with Crippen molar-refractivity contribution in [1.82, 2.24) is 4.98 Å². The minimum Gasteiger partial charge on any atom is -0.408 e. The van der Waals surface area contributed by atoms with E-state index in [0.29, 0.717) is 5.75 Å². The second-order valence-electron chi connectivity index (χ2n) is 2.58. The van der Waals surface area contributed by atoms with Gasteiger partial charge < -0.3 is 4.74 Å². The molecule has 0 fully saturated rings. The smallest absolute Gasteiger partial charge is 0.141 e. The van der Waals surface area contributed by atoms with Crippen LogP contribution in [0.15, 0.2) is 18.2 Å². The summed E-state index contributed by atoms with van der Waals surface area (Å²) >= 11 is 1.63. The second-order valence-corrected chi connectivity index (χ2v) is 3.82. The number of terminal acetylenes is 1. The highest BCUT2D eigenvalue weighted by Gasteiger charge is 2.01. The average molecular weight is 189 g/mol. The highest BCUT2D eigenvalue weighted by molar-refractivity contribution is 7.18. The Kier molecular flexibility index (Phi) is 1.91. The molecule has 1 heterocycles. The fraction of sp³-hybridized carbons (Fsp3) is 0.100. The van der Waals surface area contributed by atoms with E-state index in [-0.39, 0.29) is 0 Å². The third-order valence-electron chi connectivity index (χ3n) is 1.64. The molecule has 0 aliphatic carbocycles. The van der Waals surface area contributed by atoms with Gasteiger partial charge in [-0.2, -0.15) is 0 Å². The molecule has 1 aromatic heterocycles. The van der Waals surface area contributed by atoms with E-state index in [9.17, 15) is 0 Å². The molecule has 0 saturated carbocycles. The number of benzene rings is 1. The van der Waals surface area contributed by atoms with E-state index in [1.54, 1.807) is 11.3 Å². The van der Waals surface area contributed by atoms with Gasteiger partial charge in [0, 0.05) is 6.07 Å². The second kappa shape index (κ2) is 3.08. The lowest BCUT2D eigenvalue weighted by atomic mass is 10.3. The third-order valence-corrected chi connectivity index (χ3v) is 2.58. The van der Waals surface area contributed by atoms with Crippen molar-refractivity contribution in [2.45, 2.75) is 6.92 Å². The molecule has 0 spiro atoms. The first-order valence-corrected chi connectivity index (χ1v) is 4.61. The topological polar surface area (TPSA) is 22.1 Å². The van der Waals surface area contributed by atoms with Gasteiger partial charge >= 0.3 is 0 Å². The van der Waals surface area contributed by atoms with Crippen molar-refractivity contribution >= 4 is 21.6 Å². The summed E-state index contributed by atoms with van der Waals surface area (Å²) in [7, 11) is 0. The van der Waals surface area contributed by atoms with Gasteiger partial charge in [-0.15, -0.1) is 11.3 Å². The molecule has 2 aromatic rings. The van der Waals surface area contributed by atoms with Crippen molar-refractivity contribution in [1.29, 1.82) is 0 Å². The molecular formula is C10H7NOS. The summed E-state index contributed by atoms with van der Waals surface area (Å²) in [6, 6.07) is 5.63. The van der Waals surface area contributed by atoms with Crippen LogP contribution in [-0.4, -0.2) is 4.98 Å². The molecule has 2 nitrogen and oxygen atoms in total. The number of aromatic nitrogens is 1. The number of rotatable bonds is 1. The number of hydrogen-bond acceptors (Lipinski definition) is 3. The van der Waals surface area contributed by atoms with Gasteiger partial charge in [0.2, 0.25) is 0 Å². The Balaban J connectivity index is 2.56. The molecule has 0 amide bonds. The fourth-order valence-electron chi connectivity index (χ4n) is 1.15. The largest absolute Gasteiger partial charge is 0.408 e. The quantitative estimate of drug-likeness (QED) is 0.643. The van der Waals surface area contributed by atoms with E-state index in [1.807, 2.05) is 25.1 Å². The summed E-state index contributed by atoms with van der Waals surface area (Å²) in [6.07, 6.45) is 7.17. The Bertz CT molecular complexity index is 481. The van der Waals surface area contributed by atoms with E-state index < -0.39 is 0 Å². The first-order valence-electron chi connectivity index (χ1n) is 3.79. The number of ether oxygens (including phenoxy) is 1. The normalized spacial score (nSPS) is 9.85. The van der Waals surface area contributed by atoms with Gasteiger partial charge in [-0.25, -0.2) is 4.98 Å². The number of nitrogens with zero attached hydrogens (tertiary/aromatic N) is 1. The third kappa shape index (κ3) is 1.49. The standard InChI is InChI=1S/C10H7NOS/c1-3-12-8-4-5-9-10(6-8)13-7(2)11-9/h1,4-6H,2H3. The van der Waals surface area contributed by atoms with Gasteiger partial charge in [0.15, 0.2) is 0 Å². The van der Waals surface area contributed by atoms with Crippen LogP contribution in [0.2, 0.25) is 0 Å². The van der Waals surface area contributed by atoms with Crippen LogP contribution in [0.5, 0.6) is 5.75 Å². The summed E-state index contributed by atoms with van der Waals surface area (Å²) in [4.78, 5) is 4.33. The summed E-state index contributed by atoms with van der Waals surface area (Å²) in [6.45, 7) is 1.98. The molecule has 0 N–H and O–H groups in total. The molecule has 0 aliphatic rings. The maximum Gasteiger partial charge on any atom is 0.141 e. The minimum atomic E-state index is 0.693. The molecule has 0 unspecified atom stereocenters. The van der Waals surface area contributed by atoms with Crippen LogP contribution in [0, 0.1) is 19.5 Å². The van der Waals surface area contributed by atoms with Crippen molar-refractivity contribution in [3.63, 3.8) is 0 Å². The average Bonchev–Trinajstić information content (AvgIpc) is 2.44. The van der Waals surface area contributed by atoms with Gasteiger partial charge in [-0.3, -0.25) is 0 Å². The molecule has 0 radical (unpaired) electrons. The van der Waals surface area contributed by atoms with Crippen molar-refractivity contribution < 1.29 is 4.74 Å². The van der Waals surface area contributed by atoms with Gasteiger partial charge in [0.05, 0.1) is 15.2 Å². The Morgan fingerprint density at radius 2 is 2.38 bits per heavy atom. The van der Waals surface area contributed by atoms with E-state index in [1.165, 1.54) is 0 Å². The van der Waals surface area contributed by atoms with Gasteiger partial charge in [0.25, 0.3) is 0 Å². The molecule has 1 aromatic carbocycles. The molecule has 13 heavy (non-hydrogen) atoms. The maximum absolute atomic E-state index is 5.03. The van der Waals surface area contributed by atoms with Gasteiger partial charge in [-0.05, 0) is 19.1 Å². The van der Waals surface area contributed by atoms with Crippen LogP contribution in [0.1, 0.15) is 5.01 Å².